The van der Waals surface area contributed by atoms with Crippen LogP contribution in [0.4, 0.5) is 4.79 Å². The molecule has 0 fully saturated rings. The second-order valence-corrected chi connectivity index (χ2v) is 5.39. The zero-order valence-corrected chi connectivity index (χ0v) is 13.7. The smallest absolute Gasteiger partial charge is 0.312 e. The van der Waals surface area contributed by atoms with Crippen LogP contribution in [-0.2, 0) is 11.3 Å². The van der Waals surface area contributed by atoms with E-state index in [1.165, 1.54) is 0 Å². The predicted molar refractivity (Wildman–Crippen MR) is 85.9 cm³/mol. The quantitative estimate of drug-likeness (QED) is 0.717. The molecule has 1 aromatic rings. The maximum Gasteiger partial charge on any atom is 0.312 e. The first-order valence-electron chi connectivity index (χ1n) is 7.03. The Bertz CT molecular complexity index is 523. The number of rotatable bonds is 8. The highest BCUT2D eigenvalue weighted by Crippen LogP contribution is 2.23. The summed E-state index contributed by atoms with van der Waals surface area (Å²) in [5.41, 5.74) is 5.82. The van der Waals surface area contributed by atoms with Gasteiger partial charge in [0.25, 0.3) is 0 Å². The van der Waals surface area contributed by atoms with E-state index in [1.54, 1.807) is 37.3 Å². The lowest BCUT2D eigenvalue weighted by Crippen LogP contribution is -2.30. The van der Waals surface area contributed by atoms with Crippen LogP contribution in [0.2, 0.25) is 5.02 Å². The molecule has 0 unspecified atom stereocenters. The van der Waals surface area contributed by atoms with Gasteiger partial charge in [-0.2, -0.15) is 0 Å². The molecule has 7 heteroatoms. The molecule has 0 atom stereocenters. The summed E-state index contributed by atoms with van der Waals surface area (Å²) in [6.45, 7) is 0.913. The highest BCUT2D eigenvalue weighted by atomic mass is 35.5. The van der Waals surface area contributed by atoms with Gasteiger partial charge in [-0.1, -0.05) is 11.6 Å². The normalized spacial score (nSPS) is 10.1. The summed E-state index contributed by atoms with van der Waals surface area (Å²) >= 11 is 5.98. The van der Waals surface area contributed by atoms with E-state index < -0.39 is 6.03 Å². The molecule has 0 aliphatic rings. The number of hydrogen-bond donors (Lipinski definition) is 2. The molecular formula is C15H22ClN3O3. The van der Waals surface area contributed by atoms with Gasteiger partial charge in [0.05, 0.1) is 7.11 Å². The number of urea groups is 1. The van der Waals surface area contributed by atoms with Crippen LogP contribution in [0.5, 0.6) is 5.75 Å². The second kappa shape index (κ2) is 9.15. The molecule has 6 nitrogen and oxygen atoms in total. The number of methoxy groups -OCH3 is 1. The number of carbonyl (C=O) groups excluding carboxylic acids is 2. The lowest BCUT2D eigenvalue weighted by molar-refractivity contribution is -0.130. The third-order valence-electron chi connectivity index (χ3n) is 3.19. The first kappa shape index (κ1) is 18.1. The van der Waals surface area contributed by atoms with E-state index in [2.05, 4.69) is 5.32 Å². The van der Waals surface area contributed by atoms with Gasteiger partial charge in [-0.15, -0.1) is 0 Å². The molecule has 0 saturated heterocycles. The molecule has 3 amide bonds. The van der Waals surface area contributed by atoms with Crippen molar-refractivity contribution >= 4 is 23.5 Å². The average Bonchev–Trinajstić information content (AvgIpc) is 2.46. The SMILES string of the molecule is COc1ccc(Cl)cc1CN(C)C(=O)CCCCNC(N)=O. The van der Waals surface area contributed by atoms with Gasteiger partial charge >= 0.3 is 6.03 Å². The monoisotopic (exact) mass is 327 g/mol. The lowest BCUT2D eigenvalue weighted by Gasteiger charge is -2.19. The summed E-state index contributed by atoms with van der Waals surface area (Å²) in [5.74, 6) is 0.732. The van der Waals surface area contributed by atoms with E-state index in [-0.39, 0.29) is 5.91 Å². The predicted octanol–water partition coefficient (Wildman–Crippen LogP) is 2.15. The van der Waals surface area contributed by atoms with E-state index in [0.717, 1.165) is 5.56 Å². The maximum atomic E-state index is 12.1. The van der Waals surface area contributed by atoms with Gasteiger partial charge in [0.2, 0.25) is 5.91 Å². The lowest BCUT2D eigenvalue weighted by atomic mass is 10.1. The molecule has 22 heavy (non-hydrogen) atoms. The fraction of sp³-hybridized carbons (Fsp3) is 0.467. The van der Waals surface area contributed by atoms with Gasteiger partial charge in [-0.25, -0.2) is 4.79 Å². The van der Waals surface area contributed by atoms with Crippen molar-refractivity contribution in [2.24, 2.45) is 5.73 Å². The van der Waals surface area contributed by atoms with Crippen LogP contribution < -0.4 is 15.8 Å². The number of ether oxygens (including phenoxy) is 1. The Balaban J connectivity index is 2.44. The van der Waals surface area contributed by atoms with Gasteiger partial charge in [-0.05, 0) is 31.0 Å². The standard InChI is InChI=1S/C15H22ClN3O3/c1-19(14(20)5-3-4-8-18-15(17)21)10-11-9-12(16)6-7-13(11)22-2/h6-7,9H,3-5,8,10H2,1-2H3,(H3,17,18,21). The molecule has 0 aliphatic heterocycles. The van der Waals surface area contributed by atoms with Crippen molar-refractivity contribution in [3.63, 3.8) is 0 Å². The van der Waals surface area contributed by atoms with Crippen LogP contribution in [-0.4, -0.2) is 37.5 Å². The fourth-order valence-corrected chi connectivity index (χ4v) is 2.21. The highest BCUT2D eigenvalue weighted by Gasteiger charge is 2.12. The van der Waals surface area contributed by atoms with Crippen molar-refractivity contribution < 1.29 is 14.3 Å². The Labute approximate surface area is 135 Å². The number of benzene rings is 1. The van der Waals surface area contributed by atoms with Crippen molar-refractivity contribution in [1.82, 2.24) is 10.2 Å². The minimum absolute atomic E-state index is 0.0288. The van der Waals surface area contributed by atoms with Gasteiger partial charge in [0.1, 0.15) is 5.75 Å². The van der Waals surface area contributed by atoms with Gasteiger partial charge < -0.3 is 20.7 Å². The number of primary amides is 1. The van der Waals surface area contributed by atoms with E-state index in [0.29, 0.717) is 43.1 Å². The number of nitrogens with one attached hydrogen (secondary N) is 1. The molecule has 122 valence electrons. The number of halogens is 1. The zero-order valence-electron chi connectivity index (χ0n) is 12.9. The van der Waals surface area contributed by atoms with Crippen LogP contribution in [0.1, 0.15) is 24.8 Å². The summed E-state index contributed by atoms with van der Waals surface area (Å²) < 4.78 is 5.27. The summed E-state index contributed by atoms with van der Waals surface area (Å²) in [6.07, 6.45) is 1.82. The average molecular weight is 328 g/mol. The third-order valence-corrected chi connectivity index (χ3v) is 3.43. The Morgan fingerprint density at radius 2 is 2.09 bits per heavy atom. The molecule has 0 bridgehead atoms. The molecule has 0 heterocycles. The molecule has 0 saturated carbocycles. The van der Waals surface area contributed by atoms with Crippen molar-refractivity contribution in [1.29, 1.82) is 0 Å². The number of hydrogen-bond acceptors (Lipinski definition) is 3. The van der Waals surface area contributed by atoms with Crippen LogP contribution in [0, 0.1) is 0 Å². The molecule has 1 aromatic carbocycles. The number of carbonyl (C=O) groups is 2. The van der Waals surface area contributed by atoms with Crippen LogP contribution in [0.15, 0.2) is 18.2 Å². The maximum absolute atomic E-state index is 12.1. The number of nitrogens with two attached hydrogens (primary N) is 1. The molecule has 0 aromatic heterocycles. The summed E-state index contributed by atoms with van der Waals surface area (Å²) in [6, 6.07) is 4.78. The number of unbranched alkanes of at least 4 members (excludes halogenated alkanes) is 1. The minimum Gasteiger partial charge on any atom is -0.496 e. The number of nitrogens with zero attached hydrogens (tertiary/aromatic N) is 1. The first-order chi connectivity index (χ1) is 10.4. The number of amides is 3. The van der Waals surface area contributed by atoms with Crippen molar-refractivity contribution in [3.05, 3.63) is 28.8 Å². The van der Waals surface area contributed by atoms with E-state index in [9.17, 15) is 9.59 Å². The molecule has 0 radical (unpaired) electrons. The second-order valence-electron chi connectivity index (χ2n) is 4.95. The Morgan fingerprint density at radius 3 is 2.73 bits per heavy atom. The van der Waals surface area contributed by atoms with Gasteiger partial charge in [0.15, 0.2) is 0 Å². The Hall–Kier alpha value is -1.95. The summed E-state index contributed by atoms with van der Waals surface area (Å²) in [4.78, 5) is 24.2. The Kier molecular flexibility index (Phi) is 7.52. The van der Waals surface area contributed by atoms with E-state index in [4.69, 9.17) is 22.1 Å². The van der Waals surface area contributed by atoms with Gasteiger partial charge in [-0.3, -0.25) is 4.79 Å². The molecular weight excluding hydrogens is 306 g/mol. The van der Waals surface area contributed by atoms with Gasteiger partial charge in [0, 0.05) is 37.1 Å². The largest absolute Gasteiger partial charge is 0.496 e. The Morgan fingerprint density at radius 1 is 1.36 bits per heavy atom. The topological polar surface area (TPSA) is 84.7 Å². The van der Waals surface area contributed by atoms with Crippen LogP contribution >= 0.6 is 11.6 Å². The van der Waals surface area contributed by atoms with Crippen molar-refractivity contribution in [2.75, 3.05) is 20.7 Å². The van der Waals surface area contributed by atoms with E-state index in [1.807, 2.05) is 0 Å². The first-order valence-corrected chi connectivity index (χ1v) is 7.41. The molecule has 1 rings (SSSR count). The zero-order chi connectivity index (χ0) is 16.5. The highest BCUT2D eigenvalue weighted by molar-refractivity contribution is 6.30. The summed E-state index contributed by atoms with van der Waals surface area (Å²) in [5, 5.41) is 3.10. The van der Waals surface area contributed by atoms with Crippen molar-refractivity contribution in [2.45, 2.75) is 25.8 Å². The van der Waals surface area contributed by atoms with Crippen LogP contribution in [0.25, 0.3) is 0 Å². The summed E-state index contributed by atoms with van der Waals surface area (Å²) in [7, 11) is 3.32. The molecule has 3 N–H and O–H groups in total. The third kappa shape index (κ3) is 6.22. The molecule has 0 aliphatic carbocycles. The van der Waals surface area contributed by atoms with Crippen LogP contribution in [0.3, 0.4) is 0 Å². The van der Waals surface area contributed by atoms with E-state index >= 15 is 0 Å². The molecule has 0 spiro atoms. The minimum atomic E-state index is -0.545. The van der Waals surface area contributed by atoms with Crippen molar-refractivity contribution in [3.8, 4) is 5.75 Å². The fourth-order valence-electron chi connectivity index (χ4n) is 2.02.